The SMILES string of the molecule is CC(C)C[C@@H]1NC(=O)[C@H](CCCCN)NC(=O)[C@H](Cc2ccc(O)cc2)NC(=O)CNC(=O)[C@@H]2CSSC[C@H](NC1=O)C(=O)N[C@@H](Cc1cnc[nH]1)C(=O)N1C[C@H](O)C[C@H]1C(=O)N[C@H](C(N)=O)CSSC[C@H](NC(=O)[C@@H](NC(=O)CNC(=O)[C@@H](N)CC(=O)O)C(C)C)C(=O)N2. The molecule has 0 saturated carbocycles. The minimum Gasteiger partial charge on any atom is -0.508 e. The zero-order chi connectivity index (χ0) is 70.1. The van der Waals surface area contributed by atoms with Crippen LogP contribution in [0.15, 0.2) is 36.8 Å². The number of hydrogen-bond acceptors (Lipinski definition) is 23. The largest absolute Gasteiger partial charge is 0.508 e. The molecular weight excluding hydrogens is 1320 g/mol. The quantitative estimate of drug-likeness (QED) is 0.0434. The zero-order valence-electron chi connectivity index (χ0n) is 52.7. The molecule has 3 aliphatic heterocycles. The van der Waals surface area contributed by atoms with E-state index in [-0.39, 0.29) is 73.3 Å². The summed E-state index contributed by atoms with van der Waals surface area (Å²) >= 11 is 0. The Labute approximate surface area is 562 Å². The normalized spacial score (nSPS) is 25.1. The fourth-order valence-corrected chi connectivity index (χ4v) is 14.5. The molecular formula is C57H85N17O17S4. The Balaban J connectivity index is 1.61. The van der Waals surface area contributed by atoms with Crippen LogP contribution < -0.4 is 75.7 Å². The summed E-state index contributed by atoms with van der Waals surface area (Å²) in [6.45, 7) is 4.84. The van der Waals surface area contributed by atoms with E-state index in [4.69, 9.17) is 22.3 Å². The van der Waals surface area contributed by atoms with Gasteiger partial charge in [0.25, 0.3) is 0 Å². The van der Waals surface area contributed by atoms with E-state index in [1.807, 2.05) is 0 Å². The maximum Gasteiger partial charge on any atom is 0.305 e. The Kier molecular flexibility index (Phi) is 31.6. The highest BCUT2D eigenvalue weighted by atomic mass is 33.1. The van der Waals surface area contributed by atoms with Crippen LogP contribution in [0.25, 0.3) is 0 Å². The van der Waals surface area contributed by atoms with E-state index in [0.717, 1.165) is 48.1 Å². The number of aromatic hydroxyl groups is 1. The molecule has 524 valence electrons. The van der Waals surface area contributed by atoms with Gasteiger partial charge in [-0.15, -0.1) is 0 Å². The van der Waals surface area contributed by atoms with Crippen molar-refractivity contribution in [2.45, 2.75) is 152 Å². The number of fused-ring (bicyclic) bond motifs is 6. The van der Waals surface area contributed by atoms with Gasteiger partial charge in [-0.3, -0.25) is 67.1 Å². The van der Waals surface area contributed by atoms with Crippen LogP contribution in [0.1, 0.15) is 77.5 Å². The van der Waals surface area contributed by atoms with Gasteiger partial charge >= 0.3 is 5.97 Å². The molecule has 3 aliphatic rings. The first-order valence-corrected chi connectivity index (χ1v) is 35.5. The molecule has 1 aromatic heterocycles. The number of aliphatic carboxylic acids is 1. The Hall–Kier alpha value is -7.91. The van der Waals surface area contributed by atoms with Gasteiger partial charge in [0.15, 0.2) is 0 Å². The average Bonchev–Trinajstić information content (AvgIpc) is 1.71. The summed E-state index contributed by atoms with van der Waals surface area (Å²) in [6.07, 6.45) is 0.541. The maximum absolute atomic E-state index is 15.0. The molecule has 34 nitrogen and oxygen atoms in total. The van der Waals surface area contributed by atoms with Crippen LogP contribution in [0.4, 0.5) is 0 Å². The summed E-state index contributed by atoms with van der Waals surface area (Å²) in [5.74, 6) is -16.2. The van der Waals surface area contributed by atoms with Crippen LogP contribution in [0.3, 0.4) is 0 Å². The number of carbonyl (C=O) groups excluding carboxylic acids is 13. The van der Waals surface area contributed by atoms with Crippen molar-refractivity contribution in [1.82, 2.24) is 73.4 Å². The highest BCUT2D eigenvalue weighted by Crippen LogP contribution is 2.27. The molecule has 4 heterocycles. The molecule has 12 atom stereocenters. The van der Waals surface area contributed by atoms with E-state index in [2.05, 4.69) is 68.5 Å². The second-order valence-corrected chi connectivity index (χ2v) is 28.6. The van der Waals surface area contributed by atoms with Gasteiger partial charge in [-0.2, -0.15) is 0 Å². The summed E-state index contributed by atoms with van der Waals surface area (Å²) in [5, 5.41) is 58.3. The second kappa shape index (κ2) is 38.6. The van der Waals surface area contributed by atoms with Crippen LogP contribution in [0.2, 0.25) is 0 Å². The minimum atomic E-state index is -1.63. The van der Waals surface area contributed by atoms with Crippen molar-refractivity contribution in [3.63, 3.8) is 0 Å². The van der Waals surface area contributed by atoms with Crippen LogP contribution in [0, 0.1) is 11.8 Å². The number of carboxylic acid groups (broad SMARTS) is 1. The highest BCUT2D eigenvalue weighted by molar-refractivity contribution is 8.77. The smallest absolute Gasteiger partial charge is 0.305 e. The van der Waals surface area contributed by atoms with Gasteiger partial charge in [-0.05, 0) is 61.8 Å². The summed E-state index contributed by atoms with van der Waals surface area (Å²) in [5.41, 5.74) is 18.0. The zero-order valence-corrected chi connectivity index (χ0v) is 55.9. The fourth-order valence-electron chi connectivity index (χ4n) is 9.84. The third kappa shape index (κ3) is 25.6. The van der Waals surface area contributed by atoms with E-state index < -0.39 is 187 Å². The molecule has 1 aromatic carbocycles. The van der Waals surface area contributed by atoms with E-state index >= 15 is 0 Å². The lowest BCUT2D eigenvalue weighted by molar-refractivity contribution is -0.142. The molecule has 3 fully saturated rings. The van der Waals surface area contributed by atoms with Crippen LogP contribution >= 0.6 is 43.2 Å². The molecule has 0 radical (unpaired) electrons. The van der Waals surface area contributed by atoms with E-state index in [1.165, 1.54) is 36.8 Å². The lowest BCUT2D eigenvalue weighted by atomic mass is 10.0. The van der Waals surface area contributed by atoms with Crippen LogP contribution in [0.5, 0.6) is 5.75 Å². The van der Waals surface area contributed by atoms with Gasteiger partial charge in [0.05, 0.1) is 38.0 Å². The summed E-state index contributed by atoms with van der Waals surface area (Å²) < 4.78 is 0. The number of nitrogens with zero attached hydrogens (tertiary/aromatic N) is 2. The van der Waals surface area contributed by atoms with Crippen LogP contribution in [-0.2, 0) is 80.0 Å². The number of aliphatic hydroxyl groups is 1. The minimum absolute atomic E-state index is 0.00660. The lowest BCUT2D eigenvalue weighted by Gasteiger charge is -2.31. The number of carbonyl (C=O) groups is 14. The first kappa shape index (κ1) is 77.8. The van der Waals surface area contributed by atoms with E-state index in [9.17, 15) is 77.3 Å². The van der Waals surface area contributed by atoms with Crippen LogP contribution in [-0.4, -0.2) is 235 Å². The number of primary amides is 1. The van der Waals surface area contributed by atoms with Crippen molar-refractivity contribution >= 4 is 126 Å². The molecule has 21 N–H and O–H groups in total. The first-order valence-electron chi connectivity index (χ1n) is 30.5. The van der Waals surface area contributed by atoms with E-state index in [0.29, 0.717) is 24.1 Å². The predicted octanol–water partition coefficient (Wildman–Crippen LogP) is -5.63. The highest BCUT2D eigenvalue weighted by Gasteiger charge is 2.44. The number of aromatic nitrogens is 2. The van der Waals surface area contributed by atoms with E-state index in [1.54, 1.807) is 27.7 Å². The fraction of sp³-hybridized carbons (Fsp3) is 0.596. The number of H-pyrrole nitrogens is 1. The number of aliphatic hydroxyl groups excluding tert-OH is 1. The molecule has 95 heavy (non-hydrogen) atoms. The van der Waals surface area contributed by atoms with Gasteiger partial charge in [-0.1, -0.05) is 83.0 Å². The Morgan fingerprint density at radius 3 is 1.97 bits per heavy atom. The monoisotopic (exact) mass is 1410 g/mol. The molecule has 0 spiro atoms. The Bertz CT molecular complexity index is 3040. The average molecular weight is 1410 g/mol. The number of hydrogen-bond donors (Lipinski definition) is 18. The molecule has 2 aromatic rings. The third-order valence-corrected chi connectivity index (χ3v) is 19.8. The Morgan fingerprint density at radius 1 is 0.716 bits per heavy atom. The number of benzene rings is 1. The molecule has 3 saturated heterocycles. The topological polar surface area (TPSA) is 542 Å². The number of phenolic OH excluding ortho intramolecular Hbond substituents is 1. The van der Waals surface area contributed by atoms with Crippen molar-refractivity contribution in [2.24, 2.45) is 29.0 Å². The van der Waals surface area contributed by atoms with Crippen molar-refractivity contribution in [3.05, 3.63) is 48.0 Å². The first-order chi connectivity index (χ1) is 45.0. The molecule has 38 heteroatoms. The van der Waals surface area contributed by atoms with Gasteiger partial charge < -0.3 is 101 Å². The van der Waals surface area contributed by atoms with Crippen molar-refractivity contribution in [3.8, 4) is 5.75 Å². The maximum atomic E-state index is 15.0. The van der Waals surface area contributed by atoms with Crippen molar-refractivity contribution in [2.75, 3.05) is 49.2 Å². The third-order valence-electron chi connectivity index (χ3n) is 14.9. The number of unbranched alkanes of at least 4 members (excludes halogenated alkanes) is 1. The number of rotatable bonds is 20. The molecule has 13 amide bonds. The number of carboxylic acids is 1. The molecule has 2 bridgehead atoms. The summed E-state index contributed by atoms with van der Waals surface area (Å²) in [4.78, 5) is 203. The van der Waals surface area contributed by atoms with Crippen molar-refractivity contribution < 1.29 is 82.4 Å². The van der Waals surface area contributed by atoms with Gasteiger partial charge in [0.1, 0.15) is 66.2 Å². The molecule has 5 rings (SSSR count). The van der Waals surface area contributed by atoms with Gasteiger partial charge in [0.2, 0.25) is 76.8 Å². The number of imidazole rings is 1. The van der Waals surface area contributed by atoms with Gasteiger partial charge in [0, 0.05) is 60.7 Å². The number of nitrogens with one attached hydrogen (secondary N) is 12. The summed E-state index contributed by atoms with van der Waals surface area (Å²) in [7, 11) is 3.57. The molecule has 0 unspecified atom stereocenters. The van der Waals surface area contributed by atoms with Gasteiger partial charge in [-0.25, -0.2) is 4.98 Å². The predicted molar refractivity (Wildman–Crippen MR) is 350 cm³/mol. The lowest BCUT2D eigenvalue weighted by Crippen LogP contribution is -2.61. The van der Waals surface area contributed by atoms with Crippen molar-refractivity contribution in [1.29, 1.82) is 0 Å². The molecule has 0 aliphatic carbocycles. The summed E-state index contributed by atoms with van der Waals surface area (Å²) in [6, 6.07) is -10.8. The number of phenols is 1. The number of aromatic amines is 1. The number of nitrogens with two attached hydrogens (primary N) is 3. The Morgan fingerprint density at radius 2 is 1.34 bits per heavy atom. The number of amides is 13. The second-order valence-electron chi connectivity index (χ2n) is 23.5. The standard InChI is InChI=1S/C57H85N17O17S4/c1-27(2)13-35-51(85)71-40-24-95-93-23-39(49(83)63-19-43(77)65-36(14-29-8-10-31(75)11-9-29)52(86)66-34(50(84)67-35)7-5-6-12-58)70-54(88)41(72-56(90)46(28(3)4)73-44(78)20-62-48(82)33(59)17-45(79)80)25-94-92-22-38(47(60)81)69-55(89)42-16-32(76)21-74(42)57(91)37(68-53(40)87)15-30-18-61-26-64-30/h8-11,18,26-28,32-42,46,75-76H,5-7,12-17,19-25,58-59H2,1-4H3,(H2,60,81)(H,61,64)(H,62,82)(H,63,83)(H,65,77)(H,66,86)(H,67,84)(H,68,87)(H,69,89)(H,70,88)(H,71,85)(H,72,90)(H,73,78)(H,79,80)/t32-,33+,34+,35+,36+,37+,38+,39+,40+,41+,42+,46+/m1/s1.